The molecule has 0 spiro atoms. The largest absolute Gasteiger partial charge is 0.465 e. The summed E-state index contributed by atoms with van der Waals surface area (Å²) in [5, 5.41) is 16.9. The highest BCUT2D eigenvalue weighted by Gasteiger charge is 2.34. The van der Waals surface area contributed by atoms with Crippen molar-refractivity contribution in [2.24, 2.45) is 33.9 Å². The molecular formula is C82H85FN4O10. The van der Waals surface area contributed by atoms with Gasteiger partial charge in [0.15, 0.2) is 0 Å². The molecule has 9 aromatic carbocycles. The van der Waals surface area contributed by atoms with Gasteiger partial charge in [0.25, 0.3) is 0 Å². The Hall–Kier alpha value is -10.0. The van der Waals surface area contributed by atoms with Gasteiger partial charge in [-0.3, -0.25) is 30.0 Å². The predicted molar refractivity (Wildman–Crippen MR) is 383 cm³/mol. The number of hydrazone groups is 2. The fourth-order valence-electron chi connectivity index (χ4n) is 13.3. The minimum absolute atomic E-state index is 0.186. The Morgan fingerprint density at radius 2 is 0.845 bits per heavy atom. The fourth-order valence-corrected chi connectivity index (χ4v) is 13.3. The van der Waals surface area contributed by atoms with Crippen LogP contribution in [0.25, 0.3) is 43.1 Å². The van der Waals surface area contributed by atoms with E-state index in [0.717, 1.165) is 90.4 Å². The number of carbonyl (C=O) groups is 5. The number of unbranched alkanes of at least 4 members (excludes halogenated alkanes) is 3. The first-order chi connectivity index (χ1) is 47.3. The maximum Gasteiger partial charge on any atom is 0.333 e. The number of aryl methyl sites for hydroxylation is 4. The molecule has 0 saturated heterocycles. The minimum atomic E-state index is -0.443. The first-order valence-electron chi connectivity index (χ1n) is 34.3. The summed E-state index contributed by atoms with van der Waals surface area (Å²) in [5.41, 5.74) is 13.3. The van der Waals surface area contributed by atoms with E-state index in [1.165, 1.54) is 0 Å². The molecule has 11 rings (SSSR count). The highest BCUT2D eigenvalue weighted by Crippen LogP contribution is 2.39. The van der Waals surface area contributed by atoms with Gasteiger partial charge in [-0.25, -0.2) is 9.18 Å². The molecule has 15 heteroatoms. The topological polar surface area (TPSA) is 180 Å². The molecule has 0 unspecified atom stereocenters. The van der Waals surface area contributed by atoms with E-state index < -0.39 is 17.8 Å². The molecule has 0 bridgehead atoms. The van der Waals surface area contributed by atoms with Gasteiger partial charge in [0.1, 0.15) is 17.3 Å². The molecule has 0 radical (unpaired) electrons. The van der Waals surface area contributed by atoms with Gasteiger partial charge in [-0.1, -0.05) is 148 Å². The highest BCUT2D eigenvalue weighted by molar-refractivity contribution is 6.03. The molecule has 2 aliphatic rings. The Morgan fingerprint density at radius 3 is 1.30 bits per heavy atom. The summed E-state index contributed by atoms with van der Waals surface area (Å²) in [5.74, 6) is -2.55. The van der Waals surface area contributed by atoms with Crippen LogP contribution >= 0.6 is 0 Å². The molecule has 9 aromatic rings. The van der Waals surface area contributed by atoms with E-state index in [9.17, 15) is 24.0 Å². The molecule has 0 aliphatic heterocycles. The van der Waals surface area contributed by atoms with Crippen LogP contribution in [-0.2, 0) is 63.9 Å². The molecule has 0 aromatic heterocycles. The zero-order chi connectivity index (χ0) is 67.6. The second-order valence-electron chi connectivity index (χ2n) is 25.8. The first kappa shape index (κ1) is 68.4. The molecule has 14 nitrogen and oxygen atoms in total. The summed E-state index contributed by atoms with van der Waals surface area (Å²) in [6.45, 7) is 9.99. The van der Waals surface area contributed by atoms with E-state index in [4.69, 9.17) is 28.8 Å². The summed E-state index contributed by atoms with van der Waals surface area (Å²) in [7, 11) is 0. The van der Waals surface area contributed by atoms with Gasteiger partial charge in [-0.05, 0) is 207 Å². The number of rotatable bonds is 28. The highest BCUT2D eigenvalue weighted by atomic mass is 19.1. The smallest absolute Gasteiger partial charge is 0.333 e. The van der Waals surface area contributed by atoms with Crippen LogP contribution < -0.4 is 20.3 Å². The van der Waals surface area contributed by atoms with Crippen molar-refractivity contribution in [3.8, 4) is 11.5 Å². The van der Waals surface area contributed by atoms with E-state index >= 15 is 4.39 Å². The number of nitrogens with zero attached hydrogens (tertiary/aromatic N) is 2. The lowest BCUT2D eigenvalue weighted by Gasteiger charge is -2.26. The van der Waals surface area contributed by atoms with E-state index in [1.54, 1.807) is 19.4 Å². The summed E-state index contributed by atoms with van der Waals surface area (Å²) in [6.07, 6.45) is 13.3. The van der Waals surface area contributed by atoms with Crippen molar-refractivity contribution in [1.82, 2.24) is 0 Å². The second kappa shape index (κ2) is 33.1. The van der Waals surface area contributed by atoms with Crippen LogP contribution in [0.15, 0.2) is 180 Å². The molecule has 2 N–H and O–H groups in total. The average molecular weight is 1310 g/mol. The molecule has 2 fully saturated rings. The molecule has 0 amide bonds. The second-order valence-corrected chi connectivity index (χ2v) is 25.8. The van der Waals surface area contributed by atoms with Crippen molar-refractivity contribution >= 4 is 96.7 Å². The normalized spacial score (nSPS) is 16.4. The average Bonchev–Trinajstić information content (AvgIpc) is 0.789. The third kappa shape index (κ3) is 17.5. The molecule has 0 atom stereocenters. The lowest BCUT2D eigenvalue weighted by Crippen LogP contribution is -2.29. The van der Waals surface area contributed by atoms with Gasteiger partial charge in [0.05, 0.1) is 67.3 Å². The van der Waals surface area contributed by atoms with Crippen molar-refractivity contribution in [3.63, 3.8) is 0 Å². The number of anilines is 2. The SMILES string of the molecule is C=C(C)C(=O)OCCCCOC(=O)C1CCC(C(=O)Oc2c(/C=N/Nc3ccc4ccccc4c3)cc(CCc3ccc(CCc4cc(/C=N/Nc5ccc6ccccc6c5)c(OC(=O)C5CCC(C(=O)OCCCCC)CC5)c5ccccc45)c(F)c3C)c3ccccc23)CC1. The van der Waals surface area contributed by atoms with E-state index in [-0.39, 0.29) is 54.7 Å². The minimum Gasteiger partial charge on any atom is -0.465 e. The molecule has 2 aliphatic carbocycles. The van der Waals surface area contributed by atoms with Gasteiger partial charge < -0.3 is 23.7 Å². The number of ether oxygens (including phenoxy) is 5. The number of benzene rings is 9. The molecule has 97 heavy (non-hydrogen) atoms. The summed E-state index contributed by atoms with van der Waals surface area (Å²) in [6, 6.07) is 51.8. The van der Waals surface area contributed by atoms with Crippen LogP contribution in [0.4, 0.5) is 15.8 Å². The zero-order valence-corrected chi connectivity index (χ0v) is 55.7. The zero-order valence-electron chi connectivity index (χ0n) is 55.7. The van der Waals surface area contributed by atoms with Crippen LogP contribution in [-0.4, -0.2) is 62.1 Å². The monoisotopic (exact) mass is 1300 g/mol. The number of nitrogens with one attached hydrogen (secondary N) is 2. The summed E-state index contributed by atoms with van der Waals surface area (Å²) >= 11 is 0. The Morgan fingerprint density at radius 1 is 0.464 bits per heavy atom. The molecule has 2 saturated carbocycles. The van der Waals surface area contributed by atoms with Gasteiger partial charge in [0, 0.05) is 27.5 Å². The summed E-state index contributed by atoms with van der Waals surface area (Å²) in [4.78, 5) is 66.2. The van der Waals surface area contributed by atoms with E-state index in [1.807, 2.05) is 153 Å². The van der Waals surface area contributed by atoms with Crippen LogP contribution in [0, 0.1) is 36.4 Å². The van der Waals surface area contributed by atoms with E-state index in [0.29, 0.717) is 136 Å². The van der Waals surface area contributed by atoms with Crippen LogP contribution in [0.2, 0.25) is 0 Å². The van der Waals surface area contributed by atoms with Gasteiger partial charge in [-0.2, -0.15) is 10.2 Å². The molecule has 0 heterocycles. The van der Waals surface area contributed by atoms with Crippen molar-refractivity contribution in [3.05, 3.63) is 215 Å². The van der Waals surface area contributed by atoms with Gasteiger partial charge in [-0.15, -0.1) is 0 Å². The van der Waals surface area contributed by atoms with Crippen molar-refractivity contribution in [2.45, 2.75) is 130 Å². The standard InChI is InChI=1S/C82H85FN4O10/c1-5-6-15-44-94-79(89)59-30-34-61(35-31-59)82(92)97-77-68(52-85-87-70-43-41-57-19-8-10-21-64(57)50-70)48-66(72-23-12-14-25-74(72)77)39-29-58-28-26-55(54(4)75(58)83)27-38-65-47-67(51-84-86-69-42-40-56-18-7-9-20-63(56)49-69)76(73-24-13-11-22-71(65)73)96-81(91)62-36-32-60(33-37-62)80(90)95-46-17-16-45-93-78(88)53(2)3/h7-14,18-26,28,40-43,47-52,59-62,86-87H,2,5-6,15-17,27,29-39,44-46H2,1,3-4H3/b84-51+,85-52+. The van der Waals surface area contributed by atoms with Crippen LogP contribution in [0.5, 0.6) is 11.5 Å². The van der Waals surface area contributed by atoms with Crippen molar-refractivity contribution < 1.29 is 52.0 Å². The van der Waals surface area contributed by atoms with Gasteiger partial charge in [0.2, 0.25) is 0 Å². The Balaban J connectivity index is 0.798. The number of hydrogen-bond donors (Lipinski definition) is 2. The van der Waals surface area contributed by atoms with Crippen LogP contribution in [0.3, 0.4) is 0 Å². The maximum absolute atomic E-state index is 17.0. The number of carbonyl (C=O) groups excluding carboxylic acids is 5. The van der Waals surface area contributed by atoms with Gasteiger partial charge >= 0.3 is 29.8 Å². The lowest BCUT2D eigenvalue weighted by molar-refractivity contribution is -0.152. The van der Waals surface area contributed by atoms with Crippen molar-refractivity contribution in [2.75, 3.05) is 30.7 Å². The summed E-state index contributed by atoms with van der Waals surface area (Å²) < 4.78 is 46.2. The molecule has 500 valence electrons. The van der Waals surface area contributed by atoms with Crippen LogP contribution in [0.1, 0.15) is 136 Å². The first-order valence-corrected chi connectivity index (χ1v) is 34.3. The number of esters is 5. The van der Waals surface area contributed by atoms with E-state index in [2.05, 4.69) is 41.6 Å². The number of fused-ring (bicyclic) bond motifs is 4. The fraction of sp³-hybridized carbons (Fsp3) is 0.329. The number of halogens is 1. The Labute approximate surface area is 566 Å². The maximum atomic E-state index is 17.0. The predicted octanol–water partition coefficient (Wildman–Crippen LogP) is 17.8. The third-order valence-electron chi connectivity index (χ3n) is 19.0. The van der Waals surface area contributed by atoms with Crippen molar-refractivity contribution in [1.29, 1.82) is 0 Å². The number of hydrogen-bond acceptors (Lipinski definition) is 14. The lowest BCUT2D eigenvalue weighted by atomic mass is 9.82. The molecular weight excluding hydrogens is 1220 g/mol. The Kier molecular flexibility index (Phi) is 23.3. The Bertz CT molecular complexity index is 4410. The quantitative estimate of drug-likeness (QED) is 0.00902. The third-order valence-corrected chi connectivity index (χ3v) is 19.0.